The van der Waals surface area contributed by atoms with E-state index in [0.717, 1.165) is 30.3 Å². The zero-order valence-corrected chi connectivity index (χ0v) is 10.5. The van der Waals surface area contributed by atoms with Gasteiger partial charge in [-0.3, -0.25) is 4.79 Å². The van der Waals surface area contributed by atoms with E-state index in [2.05, 4.69) is 5.32 Å². The first kappa shape index (κ1) is 14.7. The van der Waals surface area contributed by atoms with E-state index < -0.39 is 29.1 Å². The molecule has 110 valence electrons. The van der Waals surface area contributed by atoms with Gasteiger partial charge in [-0.1, -0.05) is 12.1 Å². The van der Waals surface area contributed by atoms with E-state index in [4.69, 9.17) is 0 Å². The lowest BCUT2D eigenvalue weighted by Gasteiger charge is -2.14. The van der Waals surface area contributed by atoms with Crippen LogP contribution in [0.1, 0.15) is 15.9 Å². The Bertz CT molecular complexity index is 683. The van der Waals surface area contributed by atoms with E-state index >= 15 is 0 Å². The van der Waals surface area contributed by atoms with Crippen molar-refractivity contribution in [1.29, 1.82) is 0 Å². The quantitative estimate of drug-likeness (QED) is 0.744. The molecule has 2 rings (SSSR count). The summed E-state index contributed by atoms with van der Waals surface area (Å²) in [6.07, 6.45) is -4.62. The molecule has 0 aliphatic carbocycles. The lowest BCUT2D eigenvalue weighted by molar-refractivity contribution is -0.136. The highest BCUT2D eigenvalue weighted by molar-refractivity contribution is 6.06. The van der Waals surface area contributed by atoms with E-state index in [0.29, 0.717) is 0 Å². The summed E-state index contributed by atoms with van der Waals surface area (Å²) in [7, 11) is 0. The van der Waals surface area contributed by atoms with E-state index in [-0.39, 0.29) is 11.3 Å². The summed E-state index contributed by atoms with van der Waals surface area (Å²) in [6, 6.07) is 7.65. The van der Waals surface area contributed by atoms with Gasteiger partial charge in [-0.25, -0.2) is 0 Å². The number of carbonyl (C=O) groups excluding carboxylic acids is 1. The highest BCUT2D eigenvalue weighted by Gasteiger charge is 2.33. The Balaban J connectivity index is 2.35. The molecule has 0 spiro atoms. The van der Waals surface area contributed by atoms with Gasteiger partial charge >= 0.3 is 6.18 Å². The summed E-state index contributed by atoms with van der Waals surface area (Å²) in [5.74, 6) is -1.70. The van der Waals surface area contributed by atoms with Gasteiger partial charge in [-0.2, -0.15) is 13.2 Å². The number of benzene rings is 2. The Morgan fingerprint density at radius 3 is 2.38 bits per heavy atom. The highest BCUT2D eigenvalue weighted by Crippen LogP contribution is 2.35. The number of hydrogen-bond acceptors (Lipinski definition) is 3. The average Bonchev–Trinajstić information content (AvgIpc) is 2.41. The number of phenolic OH excluding ortho intramolecular Hbond substituents is 2. The second-order valence-electron chi connectivity index (χ2n) is 4.20. The normalized spacial score (nSPS) is 11.2. The molecular weight excluding hydrogens is 287 g/mol. The number of carbonyl (C=O) groups is 1. The monoisotopic (exact) mass is 297 g/mol. The molecule has 0 aromatic heterocycles. The highest BCUT2D eigenvalue weighted by atomic mass is 19.4. The Morgan fingerprint density at radius 2 is 1.71 bits per heavy atom. The fraction of sp³-hybridized carbons (Fsp3) is 0.0714. The maximum atomic E-state index is 12.8. The molecule has 0 radical (unpaired) electrons. The van der Waals surface area contributed by atoms with Crippen LogP contribution in [0.4, 0.5) is 18.9 Å². The smallest absolute Gasteiger partial charge is 0.418 e. The summed E-state index contributed by atoms with van der Waals surface area (Å²) >= 11 is 0. The molecular formula is C14H10F3NO3. The van der Waals surface area contributed by atoms with Gasteiger partial charge in [0.2, 0.25) is 0 Å². The Labute approximate surface area is 117 Å². The average molecular weight is 297 g/mol. The van der Waals surface area contributed by atoms with Crippen LogP contribution in [-0.2, 0) is 6.18 Å². The molecule has 4 nitrogen and oxygen atoms in total. The van der Waals surface area contributed by atoms with Crippen LogP contribution in [-0.4, -0.2) is 16.1 Å². The van der Waals surface area contributed by atoms with Gasteiger partial charge in [0.15, 0.2) is 0 Å². The molecule has 7 heteroatoms. The van der Waals surface area contributed by atoms with Crippen LogP contribution >= 0.6 is 0 Å². The first-order valence-electron chi connectivity index (χ1n) is 5.78. The van der Waals surface area contributed by atoms with Gasteiger partial charge in [-0.15, -0.1) is 0 Å². The minimum atomic E-state index is -4.62. The summed E-state index contributed by atoms with van der Waals surface area (Å²) < 4.78 is 38.4. The van der Waals surface area contributed by atoms with Crippen molar-refractivity contribution in [3.8, 4) is 11.5 Å². The number of phenols is 2. The molecule has 0 unspecified atom stereocenters. The number of para-hydroxylation sites is 1. The minimum Gasteiger partial charge on any atom is -0.508 e. The molecule has 0 saturated carbocycles. The predicted octanol–water partition coefficient (Wildman–Crippen LogP) is 3.37. The topological polar surface area (TPSA) is 69.6 Å². The fourth-order valence-electron chi connectivity index (χ4n) is 1.73. The molecule has 3 N–H and O–H groups in total. The number of alkyl halides is 3. The number of amides is 1. The van der Waals surface area contributed by atoms with Gasteiger partial charge in [0.1, 0.15) is 11.5 Å². The maximum Gasteiger partial charge on any atom is 0.418 e. The van der Waals surface area contributed by atoms with Crippen LogP contribution in [0.15, 0.2) is 42.5 Å². The summed E-state index contributed by atoms with van der Waals surface area (Å²) in [4.78, 5) is 11.9. The second-order valence-corrected chi connectivity index (χ2v) is 4.20. The number of halogens is 3. The van der Waals surface area contributed by atoms with E-state index in [1.807, 2.05) is 0 Å². The second kappa shape index (κ2) is 5.35. The lowest BCUT2D eigenvalue weighted by Crippen LogP contribution is -2.16. The number of hydrogen-bond donors (Lipinski definition) is 3. The van der Waals surface area contributed by atoms with Gasteiger partial charge in [0.25, 0.3) is 5.91 Å². The third-order valence-electron chi connectivity index (χ3n) is 2.71. The van der Waals surface area contributed by atoms with Crippen molar-refractivity contribution in [3.05, 3.63) is 53.6 Å². The molecule has 0 bridgehead atoms. The predicted molar refractivity (Wildman–Crippen MR) is 69.2 cm³/mol. The van der Waals surface area contributed by atoms with Crippen molar-refractivity contribution in [1.82, 2.24) is 0 Å². The van der Waals surface area contributed by atoms with Crippen LogP contribution in [0.5, 0.6) is 11.5 Å². The van der Waals surface area contributed by atoms with Gasteiger partial charge < -0.3 is 15.5 Å². The van der Waals surface area contributed by atoms with Crippen molar-refractivity contribution in [2.75, 3.05) is 5.32 Å². The van der Waals surface area contributed by atoms with Crippen molar-refractivity contribution in [2.45, 2.75) is 6.18 Å². The third-order valence-corrected chi connectivity index (χ3v) is 2.71. The zero-order valence-electron chi connectivity index (χ0n) is 10.5. The zero-order chi connectivity index (χ0) is 15.6. The van der Waals surface area contributed by atoms with Crippen LogP contribution in [0.25, 0.3) is 0 Å². The number of anilines is 1. The van der Waals surface area contributed by atoms with E-state index in [1.54, 1.807) is 0 Å². The van der Waals surface area contributed by atoms with E-state index in [1.165, 1.54) is 12.1 Å². The number of rotatable bonds is 2. The number of aromatic hydroxyl groups is 2. The first-order chi connectivity index (χ1) is 9.79. The summed E-state index contributed by atoms with van der Waals surface area (Å²) in [6.45, 7) is 0. The van der Waals surface area contributed by atoms with Crippen LogP contribution in [0, 0.1) is 0 Å². The molecule has 0 heterocycles. The van der Waals surface area contributed by atoms with Crippen LogP contribution < -0.4 is 5.32 Å². The molecule has 1 amide bonds. The Kier molecular flexibility index (Phi) is 3.75. The first-order valence-corrected chi connectivity index (χ1v) is 5.78. The fourth-order valence-corrected chi connectivity index (χ4v) is 1.73. The molecule has 2 aromatic carbocycles. The molecule has 0 fully saturated rings. The molecule has 2 aromatic rings. The van der Waals surface area contributed by atoms with Crippen molar-refractivity contribution >= 4 is 11.6 Å². The molecule has 0 aliphatic rings. The van der Waals surface area contributed by atoms with Gasteiger partial charge in [0.05, 0.1) is 16.8 Å². The van der Waals surface area contributed by atoms with E-state index in [9.17, 15) is 28.2 Å². The van der Waals surface area contributed by atoms with Crippen molar-refractivity contribution in [3.63, 3.8) is 0 Å². The van der Waals surface area contributed by atoms with Crippen LogP contribution in [0.3, 0.4) is 0 Å². The van der Waals surface area contributed by atoms with Crippen molar-refractivity contribution in [2.24, 2.45) is 0 Å². The third kappa shape index (κ3) is 3.25. The largest absolute Gasteiger partial charge is 0.508 e. The van der Waals surface area contributed by atoms with Crippen molar-refractivity contribution < 1.29 is 28.2 Å². The number of nitrogens with one attached hydrogen (secondary N) is 1. The van der Waals surface area contributed by atoms with Crippen LogP contribution in [0.2, 0.25) is 0 Å². The maximum absolute atomic E-state index is 12.8. The Hall–Kier alpha value is -2.70. The minimum absolute atomic E-state index is 0.290. The molecule has 0 aliphatic heterocycles. The Morgan fingerprint density at radius 1 is 1.05 bits per heavy atom. The summed E-state index contributed by atoms with van der Waals surface area (Å²) in [5.41, 5.74) is -1.76. The summed E-state index contributed by atoms with van der Waals surface area (Å²) in [5, 5.41) is 20.9. The SMILES string of the molecule is O=C(Nc1ccccc1C(F)(F)F)c1cc(O)ccc1O. The van der Waals surface area contributed by atoms with Gasteiger partial charge in [0, 0.05) is 0 Å². The molecule has 0 saturated heterocycles. The molecule has 0 atom stereocenters. The lowest BCUT2D eigenvalue weighted by atomic mass is 10.1. The van der Waals surface area contributed by atoms with Gasteiger partial charge in [-0.05, 0) is 30.3 Å². The standard InChI is InChI=1S/C14H10F3NO3/c15-14(16,17)10-3-1-2-4-11(10)18-13(21)9-7-8(19)5-6-12(9)20/h1-7,19-20H,(H,18,21). The molecule has 21 heavy (non-hydrogen) atoms.